The van der Waals surface area contributed by atoms with Crippen LogP contribution >= 0.6 is 0 Å². The van der Waals surface area contributed by atoms with Crippen molar-refractivity contribution in [1.82, 2.24) is 0 Å². The van der Waals surface area contributed by atoms with Gasteiger partial charge in [-0.15, -0.1) is 0 Å². The normalized spacial score (nSPS) is 18.3. The first kappa shape index (κ1) is 11.1. The lowest BCUT2D eigenvalue weighted by atomic mass is 9.89. The molecule has 3 heteroatoms. The van der Waals surface area contributed by atoms with E-state index < -0.39 is 0 Å². The molecule has 0 amide bonds. The van der Waals surface area contributed by atoms with E-state index in [9.17, 15) is 4.79 Å². The average molecular weight is 242 g/mol. The number of ether oxygens (including phenoxy) is 1. The van der Waals surface area contributed by atoms with Crippen LogP contribution in [0.2, 0.25) is 0 Å². The van der Waals surface area contributed by atoms with Gasteiger partial charge in [0.25, 0.3) is 0 Å². The second kappa shape index (κ2) is 4.02. The molecule has 0 fully saturated rings. The van der Waals surface area contributed by atoms with Crippen molar-refractivity contribution in [1.29, 1.82) is 0 Å². The largest absolute Gasteiger partial charge is 0.472 e. The topological polar surface area (TPSA) is 39.4 Å². The van der Waals surface area contributed by atoms with Gasteiger partial charge in [0, 0.05) is 11.1 Å². The van der Waals surface area contributed by atoms with Gasteiger partial charge in [0.05, 0.1) is 18.9 Å². The van der Waals surface area contributed by atoms with E-state index in [0.29, 0.717) is 12.2 Å². The highest BCUT2D eigenvalue weighted by atomic mass is 16.5. The van der Waals surface area contributed by atoms with Crippen LogP contribution in [-0.4, -0.2) is 5.97 Å². The van der Waals surface area contributed by atoms with Gasteiger partial charge >= 0.3 is 5.97 Å². The summed E-state index contributed by atoms with van der Waals surface area (Å²) in [5, 5.41) is 0. The minimum absolute atomic E-state index is 0.163. The molecule has 0 aliphatic carbocycles. The van der Waals surface area contributed by atoms with Crippen LogP contribution in [0.3, 0.4) is 0 Å². The van der Waals surface area contributed by atoms with Crippen molar-refractivity contribution >= 4 is 5.97 Å². The predicted octanol–water partition coefficient (Wildman–Crippen LogP) is 3.67. The number of rotatable bonds is 1. The van der Waals surface area contributed by atoms with Crippen LogP contribution in [0.1, 0.15) is 30.4 Å². The first-order valence-electron chi connectivity index (χ1n) is 6.03. The summed E-state index contributed by atoms with van der Waals surface area (Å²) in [6, 6.07) is 5.99. The second-order valence-corrected chi connectivity index (χ2v) is 4.82. The van der Waals surface area contributed by atoms with Crippen molar-refractivity contribution in [3.8, 4) is 16.9 Å². The number of esters is 1. The Hall–Kier alpha value is -2.03. The Kier molecular flexibility index (Phi) is 2.47. The minimum Gasteiger partial charge on any atom is -0.472 e. The van der Waals surface area contributed by atoms with Crippen LogP contribution in [0.4, 0.5) is 0 Å². The zero-order valence-electron chi connectivity index (χ0n) is 10.4. The molecule has 0 radical (unpaired) electrons. The fourth-order valence-corrected chi connectivity index (χ4v) is 2.43. The molecule has 1 aliphatic heterocycles. The standard InChI is InChI=1S/C15H14O3/c1-9-5-12-10(2)7-14(16)18-15(12)13(6-9)11-3-4-17-8-11/h3-6,8,10H,7H2,1-2H3. The van der Waals surface area contributed by atoms with Crippen molar-refractivity contribution < 1.29 is 13.9 Å². The van der Waals surface area contributed by atoms with Gasteiger partial charge in [-0.1, -0.05) is 13.0 Å². The molecule has 0 bridgehead atoms. The minimum atomic E-state index is -0.163. The molecule has 1 aliphatic rings. The highest BCUT2D eigenvalue weighted by Crippen LogP contribution is 2.42. The second-order valence-electron chi connectivity index (χ2n) is 4.82. The summed E-state index contributed by atoms with van der Waals surface area (Å²) in [4.78, 5) is 11.6. The smallest absolute Gasteiger partial charge is 0.311 e. The summed E-state index contributed by atoms with van der Waals surface area (Å²) in [6.45, 7) is 4.10. The molecule has 1 unspecified atom stereocenters. The van der Waals surface area contributed by atoms with Crippen LogP contribution in [-0.2, 0) is 4.79 Å². The average Bonchev–Trinajstić information content (AvgIpc) is 2.83. The monoisotopic (exact) mass is 242 g/mol. The lowest BCUT2D eigenvalue weighted by molar-refractivity contribution is -0.135. The molecule has 1 atom stereocenters. The van der Waals surface area contributed by atoms with E-state index in [2.05, 4.69) is 13.0 Å². The Morgan fingerprint density at radius 1 is 1.33 bits per heavy atom. The Balaban J connectivity index is 2.23. The van der Waals surface area contributed by atoms with E-state index in [1.165, 1.54) is 0 Å². The van der Waals surface area contributed by atoms with E-state index in [1.807, 2.05) is 19.1 Å². The SMILES string of the molecule is Cc1cc(-c2ccoc2)c2c(c1)C(C)CC(=O)O2. The summed E-state index contributed by atoms with van der Waals surface area (Å²) >= 11 is 0. The number of hydrogen-bond donors (Lipinski definition) is 0. The van der Waals surface area contributed by atoms with Crippen molar-refractivity contribution in [2.45, 2.75) is 26.2 Å². The van der Waals surface area contributed by atoms with E-state index in [-0.39, 0.29) is 11.9 Å². The number of carbonyl (C=O) groups is 1. The Morgan fingerprint density at radius 2 is 2.17 bits per heavy atom. The summed E-state index contributed by atoms with van der Waals surface area (Å²) in [6.07, 6.45) is 3.74. The van der Waals surface area contributed by atoms with E-state index in [4.69, 9.17) is 9.15 Å². The van der Waals surface area contributed by atoms with Gasteiger partial charge < -0.3 is 9.15 Å². The molecule has 0 saturated heterocycles. The molecule has 3 nitrogen and oxygen atoms in total. The van der Waals surface area contributed by atoms with E-state index in [1.54, 1.807) is 12.5 Å². The number of hydrogen-bond acceptors (Lipinski definition) is 3. The maximum absolute atomic E-state index is 11.6. The number of furan rings is 1. The van der Waals surface area contributed by atoms with Crippen LogP contribution in [0.5, 0.6) is 5.75 Å². The lowest BCUT2D eigenvalue weighted by Gasteiger charge is -2.24. The molecule has 1 aromatic heterocycles. The van der Waals surface area contributed by atoms with Gasteiger partial charge in [0.1, 0.15) is 5.75 Å². The third-order valence-corrected chi connectivity index (χ3v) is 3.31. The van der Waals surface area contributed by atoms with Gasteiger partial charge in [-0.2, -0.15) is 0 Å². The van der Waals surface area contributed by atoms with E-state index >= 15 is 0 Å². The Bertz CT molecular complexity index is 596. The number of benzene rings is 1. The quantitative estimate of drug-likeness (QED) is 0.565. The predicted molar refractivity (Wildman–Crippen MR) is 67.5 cm³/mol. The molecule has 2 heterocycles. The van der Waals surface area contributed by atoms with Crippen LogP contribution in [0.15, 0.2) is 35.1 Å². The summed E-state index contributed by atoms with van der Waals surface area (Å²) in [5.74, 6) is 0.723. The molecule has 92 valence electrons. The number of aryl methyl sites for hydroxylation is 1. The zero-order valence-corrected chi connectivity index (χ0v) is 10.4. The first-order chi connectivity index (χ1) is 8.65. The van der Waals surface area contributed by atoms with Gasteiger partial charge in [-0.05, 0) is 36.1 Å². The molecule has 0 N–H and O–H groups in total. The summed E-state index contributed by atoms with van der Waals surface area (Å²) in [5.41, 5.74) is 4.14. The fraction of sp³-hybridized carbons (Fsp3) is 0.267. The Labute approximate surface area is 105 Å². The van der Waals surface area contributed by atoms with Crippen molar-refractivity contribution in [2.24, 2.45) is 0 Å². The lowest BCUT2D eigenvalue weighted by Crippen LogP contribution is -2.19. The summed E-state index contributed by atoms with van der Waals surface area (Å²) < 4.78 is 10.5. The fourth-order valence-electron chi connectivity index (χ4n) is 2.43. The molecule has 18 heavy (non-hydrogen) atoms. The third kappa shape index (κ3) is 1.72. The zero-order chi connectivity index (χ0) is 12.7. The van der Waals surface area contributed by atoms with Crippen LogP contribution < -0.4 is 4.74 Å². The van der Waals surface area contributed by atoms with Gasteiger partial charge in [0.15, 0.2) is 0 Å². The van der Waals surface area contributed by atoms with E-state index in [0.717, 1.165) is 22.3 Å². The first-order valence-corrected chi connectivity index (χ1v) is 6.03. The van der Waals surface area contributed by atoms with Crippen molar-refractivity contribution in [3.05, 3.63) is 41.9 Å². The Morgan fingerprint density at radius 3 is 2.89 bits per heavy atom. The van der Waals surface area contributed by atoms with Gasteiger partial charge in [-0.25, -0.2) is 0 Å². The molecule has 0 saturated carbocycles. The van der Waals surface area contributed by atoms with Crippen molar-refractivity contribution in [2.75, 3.05) is 0 Å². The molecule has 0 spiro atoms. The highest BCUT2D eigenvalue weighted by molar-refractivity contribution is 5.82. The third-order valence-electron chi connectivity index (χ3n) is 3.31. The molecule has 2 aromatic rings. The highest BCUT2D eigenvalue weighted by Gasteiger charge is 2.27. The molecule has 1 aromatic carbocycles. The number of carbonyl (C=O) groups excluding carboxylic acids is 1. The molecular formula is C15H14O3. The maximum Gasteiger partial charge on any atom is 0.311 e. The maximum atomic E-state index is 11.6. The van der Waals surface area contributed by atoms with Crippen molar-refractivity contribution in [3.63, 3.8) is 0 Å². The van der Waals surface area contributed by atoms with Gasteiger partial charge in [-0.3, -0.25) is 4.79 Å². The summed E-state index contributed by atoms with van der Waals surface area (Å²) in [7, 11) is 0. The molecular weight excluding hydrogens is 228 g/mol. The molecule has 3 rings (SSSR count). The van der Waals surface area contributed by atoms with Crippen LogP contribution in [0, 0.1) is 6.92 Å². The van der Waals surface area contributed by atoms with Crippen LogP contribution in [0.25, 0.3) is 11.1 Å². The van der Waals surface area contributed by atoms with Gasteiger partial charge in [0.2, 0.25) is 0 Å². The number of fused-ring (bicyclic) bond motifs is 1.